The van der Waals surface area contributed by atoms with Crippen LogP contribution in [-0.4, -0.2) is 32.5 Å². The van der Waals surface area contributed by atoms with E-state index in [1.807, 2.05) is 6.92 Å². The molecular weight excluding hydrogens is 360 g/mol. The van der Waals surface area contributed by atoms with Crippen LogP contribution in [0.5, 0.6) is 11.6 Å². The highest BCUT2D eigenvalue weighted by Crippen LogP contribution is 2.35. The highest BCUT2D eigenvalue weighted by atomic mass is 32.1. The normalized spacial score (nSPS) is 10.7. The van der Waals surface area contributed by atoms with Gasteiger partial charge in [-0.1, -0.05) is 0 Å². The predicted molar refractivity (Wildman–Crippen MR) is 96.0 cm³/mol. The average molecular weight is 374 g/mol. The molecule has 0 fully saturated rings. The molecule has 0 bridgehead atoms. The minimum absolute atomic E-state index is 0.0443. The number of fused-ring (bicyclic) bond motifs is 1. The van der Waals surface area contributed by atoms with Crippen molar-refractivity contribution in [1.82, 2.24) is 9.97 Å². The molecule has 0 aliphatic rings. The molecule has 2 aromatic heterocycles. The van der Waals surface area contributed by atoms with Crippen LogP contribution in [0.25, 0.3) is 10.2 Å². The van der Waals surface area contributed by atoms with Crippen LogP contribution in [0.1, 0.15) is 22.2 Å². The number of anilines is 1. The van der Waals surface area contributed by atoms with Gasteiger partial charge in [0.1, 0.15) is 16.9 Å². The van der Waals surface area contributed by atoms with E-state index in [1.165, 1.54) is 6.33 Å². The van der Waals surface area contributed by atoms with Crippen LogP contribution >= 0.6 is 11.3 Å². The van der Waals surface area contributed by atoms with E-state index >= 15 is 0 Å². The van der Waals surface area contributed by atoms with Gasteiger partial charge in [-0.2, -0.15) is 0 Å². The average Bonchev–Trinajstić information content (AvgIpc) is 2.95. The Hall–Kier alpha value is -3.27. The molecule has 2 N–H and O–H groups in total. The van der Waals surface area contributed by atoms with Crippen molar-refractivity contribution in [1.29, 1.82) is 0 Å². The Labute approximate surface area is 151 Å². The molecule has 1 aromatic carbocycles. The molecule has 3 rings (SSSR count). The zero-order chi connectivity index (χ0) is 18.8. The number of aromatic nitrogens is 2. The number of benzene rings is 1. The number of amides is 1. The van der Waals surface area contributed by atoms with E-state index in [-0.39, 0.29) is 17.1 Å². The highest BCUT2D eigenvalue weighted by Gasteiger charge is 2.21. The number of phenolic OH excluding ortho intramolecular Hbond substituents is 1. The van der Waals surface area contributed by atoms with Gasteiger partial charge in [-0.25, -0.2) is 9.97 Å². The number of phenols is 1. The van der Waals surface area contributed by atoms with E-state index < -0.39 is 10.8 Å². The summed E-state index contributed by atoms with van der Waals surface area (Å²) in [6.07, 6.45) is 1.36. The number of nitro benzene ring substituents is 1. The molecule has 0 aliphatic carbocycles. The predicted octanol–water partition coefficient (Wildman–Crippen LogP) is 3.26. The summed E-state index contributed by atoms with van der Waals surface area (Å²) in [5.74, 6) is -0.384. The Morgan fingerprint density at radius 2 is 2.19 bits per heavy atom. The van der Waals surface area contributed by atoms with E-state index in [4.69, 9.17) is 4.74 Å². The van der Waals surface area contributed by atoms with Crippen molar-refractivity contribution in [2.75, 3.05) is 11.9 Å². The van der Waals surface area contributed by atoms with Gasteiger partial charge in [0, 0.05) is 12.1 Å². The number of nitro groups is 1. The quantitative estimate of drug-likeness (QED) is 0.398. The lowest BCUT2D eigenvalue weighted by molar-refractivity contribution is -0.384. The first-order valence-electron chi connectivity index (χ1n) is 7.58. The van der Waals surface area contributed by atoms with Gasteiger partial charge in [0.15, 0.2) is 0 Å². The third-order valence-electron chi connectivity index (χ3n) is 3.62. The number of nitrogens with zero attached hydrogens (tertiary/aromatic N) is 3. The van der Waals surface area contributed by atoms with Gasteiger partial charge in [0.2, 0.25) is 5.88 Å². The second-order valence-corrected chi connectivity index (χ2v) is 6.26. The highest BCUT2D eigenvalue weighted by molar-refractivity contribution is 7.20. The summed E-state index contributed by atoms with van der Waals surface area (Å²) >= 11 is 1.15. The minimum atomic E-state index is -0.607. The lowest BCUT2D eigenvalue weighted by Crippen LogP contribution is -2.11. The van der Waals surface area contributed by atoms with Gasteiger partial charge in [0.05, 0.1) is 27.5 Å². The maximum atomic E-state index is 12.6. The van der Waals surface area contributed by atoms with E-state index in [1.54, 1.807) is 6.92 Å². The second kappa shape index (κ2) is 6.92. The summed E-state index contributed by atoms with van der Waals surface area (Å²) in [5.41, 5.74) is 0.351. The van der Waals surface area contributed by atoms with E-state index in [2.05, 4.69) is 15.3 Å². The van der Waals surface area contributed by atoms with Crippen LogP contribution in [-0.2, 0) is 0 Å². The molecule has 2 heterocycles. The van der Waals surface area contributed by atoms with Crippen molar-refractivity contribution < 1.29 is 19.6 Å². The molecule has 1 amide bonds. The Morgan fingerprint density at radius 3 is 2.88 bits per heavy atom. The molecular formula is C16H14N4O5S. The number of carbonyl (C=O) groups is 1. The van der Waals surface area contributed by atoms with Crippen LogP contribution in [0.15, 0.2) is 24.5 Å². The third-order valence-corrected chi connectivity index (χ3v) is 4.82. The summed E-state index contributed by atoms with van der Waals surface area (Å²) < 4.78 is 5.48. The Bertz CT molecular complexity index is 1020. The number of hydrogen-bond donors (Lipinski definition) is 2. The molecule has 0 unspecified atom stereocenters. The van der Waals surface area contributed by atoms with Crippen LogP contribution < -0.4 is 10.1 Å². The van der Waals surface area contributed by atoms with Crippen LogP contribution in [0.3, 0.4) is 0 Å². The monoisotopic (exact) mass is 374 g/mol. The fourth-order valence-corrected chi connectivity index (χ4v) is 3.45. The zero-order valence-corrected chi connectivity index (χ0v) is 14.7. The lowest BCUT2D eigenvalue weighted by Gasteiger charge is -2.07. The summed E-state index contributed by atoms with van der Waals surface area (Å²) in [7, 11) is 0. The molecule has 10 heteroatoms. The van der Waals surface area contributed by atoms with Gasteiger partial charge in [-0.15, -0.1) is 11.3 Å². The molecule has 26 heavy (non-hydrogen) atoms. The Morgan fingerprint density at radius 1 is 1.42 bits per heavy atom. The van der Waals surface area contributed by atoms with Crippen molar-refractivity contribution >= 4 is 38.8 Å². The van der Waals surface area contributed by atoms with Crippen molar-refractivity contribution in [3.05, 3.63) is 45.1 Å². The molecule has 0 saturated carbocycles. The van der Waals surface area contributed by atoms with E-state index in [0.717, 1.165) is 29.5 Å². The fourth-order valence-electron chi connectivity index (χ4n) is 2.42. The first-order valence-corrected chi connectivity index (χ1v) is 8.39. The van der Waals surface area contributed by atoms with E-state index in [9.17, 15) is 20.0 Å². The second-order valence-electron chi connectivity index (χ2n) is 5.26. The van der Waals surface area contributed by atoms with Gasteiger partial charge in [-0.05, 0) is 25.5 Å². The summed E-state index contributed by atoms with van der Waals surface area (Å²) in [6.45, 7) is 3.99. The maximum Gasteiger partial charge on any atom is 0.271 e. The molecule has 3 aromatic rings. The molecule has 0 atom stereocenters. The van der Waals surface area contributed by atoms with Crippen molar-refractivity contribution in [3.63, 3.8) is 0 Å². The lowest BCUT2D eigenvalue weighted by atomic mass is 10.2. The number of rotatable bonds is 5. The number of non-ortho nitro benzene ring substituents is 1. The first-order chi connectivity index (χ1) is 12.4. The van der Waals surface area contributed by atoms with Crippen molar-refractivity contribution in [3.8, 4) is 11.6 Å². The van der Waals surface area contributed by atoms with Crippen LogP contribution in [0.4, 0.5) is 11.4 Å². The molecule has 9 nitrogen and oxygen atoms in total. The molecule has 0 aliphatic heterocycles. The van der Waals surface area contributed by atoms with Gasteiger partial charge >= 0.3 is 0 Å². The molecule has 0 radical (unpaired) electrons. The maximum absolute atomic E-state index is 12.6. The molecule has 134 valence electrons. The Balaban J connectivity index is 1.99. The van der Waals surface area contributed by atoms with Crippen molar-refractivity contribution in [2.45, 2.75) is 13.8 Å². The molecule has 0 spiro atoms. The largest absolute Gasteiger partial charge is 0.506 e. The van der Waals surface area contributed by atoms with Crippen LogP contribution in [0.2, 0.25) is 0 Å². The van der Waals surface area contributed by atoms with E-state index in [0.29, 0.717) is 33.1 Å². The number of ether oxygens (including phenoxy) is 1. The first kappa shape index (κ1) is 17.5. The summed E-state index contributed by atoms with van der Waals surface area (Å²) in [5, 5.41) is 23.9. The fraction of sp³-hybridized carbons (Fsp3) is 0.188. The Kier molecular flexibility index (Phi) is 4.67. The van der Waals surface area contributed by atoms with Gasteiger partial charge < -0.3 is 15.2 Å². The van der Waals surface area contributed by atoms with Crippen LogP contribution in [0, 0.1) is 17.0 Å². The number of hydrogen-bond acceptors (Lipinski definition) is 8. The minimum Gasteiger partial charge on any atom is -0.506 e. The standard InChI is InChI=1S/C16H14N4O5S/c1-3-25-15-12-8(2)13(26-16(12)18-7-17-15)14(22)19-10-6-9(20(23)24)4-5-11(10)21/h4-7,21H,3H2,1-2H3,(H,19,22). The molecule has 0 saturated heterocycles. The number of aryl methyl sites for hydroxylation is 1. The van der Waals surface area contributed by atoms with Crippen molar-refractivity contribution in [2.24, 2.45) is 0 Å². The summed E-state index contributed by atoms with van der Waals surface area (Å²) in [4.78, 5) is 32.1. The number of carbonyl (C=O) groups excluding carboxylic acids is 1. The van der Waals surface area contributed by atoms with Gasteiger partial charge in [0.25, 0.3) is 11.6 Å². The van der Waals surface area contributed by atoms with Gasteiger partial charge in [-0.3, -0.25) is 14.9 Å². The number of thiophene rings is 1. The smallest absolute Gasteiger partial charge is 0.271 e. The zero-order valence-electron chi connectivity index (χ0n) is 13.8. The number of aromatic hydroxyl groups is 1. The number of nitrogens with one attached hydrogen (secondary N) is 1. The third kappa shape index (κ3) is 3.14. The topological polar surface area (TPSA) is 127 Å². The summed E-state index contributed by atoms with van der Waals surface area (Å²) in [6, 6.07) is 3.41. The SMILES string of the molecule is CCOc1ncnc2sc(C(=O)Nc3cc([N+](=O)[O-])ccc3O)c(C)c12.